The number of fused-ring (bicyclic) bond motifs is 1. The number of carbonyl (C=O) groups excluding carboxylic acids is 2. The van der Waals surface area contributed by atoms with E-state index in [1.807, 2.05) is 6.92 Å². The second-order valence-corrected chi connectivity index (χ2v) is 8.46. The summed E-state index contributed by atoms with van der Waals surface area (Å²) in [6.07, 6.45) is 3.33. The highest BCUT2D eigenvalue weighted by Crippen LogP contribution is 2.40. The maximum atomic E-state index is 12.9. The molecule has 0 fully saturated rings. The Hall–Kier alpha value is -2.74. The molecule has 0 saturated heterocycles. The summed E-state index contributed by atoms with van der Waals surface area (Å²) in [6, 6.07) is 4.39. The van der Waals surface area contributed by atoms with Gasteiger partial charge in [0.15, 0.2) is 0 Å². The van der Waals surface area contributed by atoms with Crippen LogP contribution >= 0.6 is 11.3 Å². The summed E-state index contributed by atoms with van der Waals surface area (Å²) >= 11 is 1.40. The molecule has 29 heavy (non-hydrogen) atoms. The lowest BCUT2D eigenvalue weighted by Gasteiger charge is -2.18. The highest BCUT2D eigenvalue weighted by molar-refractivity contribution is 7.17. The number of esters is 1. The van der Waals surface area contributed by atoms with Crippen molar-refractivity contribution >= 4 is 33.9 Å². The lowest BCUT2D eigenvalue weighted by atomic mass is 9.88. The van der Waals surface area contributed by atoms with Crippen molar-refractivity contribution in [1.82, 2.24) is 0 Å². The summed E-state index contributed by atoms with van der Waals surface area (Å²) < 4.78 is 5.36. The van der Waals surface area contributed by atoms with E-state index in [2.05, 4.69) is 12.2 Å². The fourth-order valence-electron chi connectivity index (χ4n) is 3.56. The molecule has 1 aliphatic carbocycles. The van der Waals surface area contributed by atoms with Gasteiger partial charge in [0.1, 0.15) is 5.00 Å². The molecule has 1 atom stereocenters. The molecular weight excluding hydrogens is 392 g/mol. The molecule has 0 bridgehead atoms. The minimum Gasteiger partial charge on any atom is -0.462 e. The van der Waals surface area contributed by atoms with E-state index in [0.717, 1.165) is 29.7 Å². The Bertz CT molecular complexity index is 966. The van der Waals surface area contributed by atoms with E-state index in [4.69, 9.17) is 4.74 Å². The monoisotopic (exact) mass is 416 g/mol. The molecule has 1 heterocycles. The van der Waals surface area contributed by atoms with Crippen LogP contribution in [-0.2, 0) is 17.6 Å². The van der Waals surface area contributed by atoms with Crippen LogP contribution in [0.4, 0.5) is 10.7 Å². The van der Waals surface area contributed by atoms with Gasteiger partial charge in [-0.25, -0.2) is 4.79 Å². The largest absolute Gasteiger partial charge is 0.462 e. The fourth-order valence-corrected chi connectivity index (χ4v) is 4.95. The van der Waals surface area contributed by atoms with Crippen molar-refractivity contribution in [3.63, 3.8) is 0 Å². The molecule has 1 aromatic heterocycles. The molecular formula is C21H24N2O5S. The molecule has 0 spiro atoms. The first-order valence-corrected chi connectivity index (χ1v) is 10.5. The molecule has 2 aromatic rings. The van der Waals surface area contributed by atoms with Crippen LogP contribution in [0.15, 0.2) is 18.2 Å². The third-order valence-electron chi connectivity index (χ3n) is 5.13. The third kappa shape index (κ3) is 4.32. The molecule has 3 rings (SSSR count). The van der Waals surface area contributed by atoms with Crippen molar-refractivity contribution in [2.24, 2.45) is 5.92 Å². The number of hydrogen-bond donors (Lipinski definition) is 1. The number of hydrogen-bond acceptors (Lipinski definition) is 6. The zero-order valence-electron chi connectivity index (χ0n) is 16.7. The second kappa shape index (κ2) is 8.73. The lowest BCUT2D eigenvalue weighted by molar-refractivity contribution is -0.385. The van der Waals surface area contributed by atoms with Crippen LogP contribution in [0.3, 0.4) is 0 Å². The number of nitrogens with zero attached hydrogens (tertiary/aromatic N) is 1. The Morgan fingerprint density at radius 2 is 2.14 bits per heavy atom. The van der Waals surface area contributed by atoms with Crippen molar-refractivity contribution in [2.75, 3.05) is 11.9 Å². The summed E-state index contributed by atoms with van der Waals surface area (Å²) in [6.45, 7) is 5.95. The second-order valence-electron chi connectivity index (χ2n) is 7.35. The number of anilines is 1. The summed E-state index contributed by atoms with van der Waals surface area (Å²) in [7, 11) is 0. The molecule has 8 heteroatoms. The summed E-state index contributed by atoms with van der Waals surface area (Å²) in [5, 5.41) is 14.5. The maximum absolute atomic E-state index is 12.9. The molecule has 0 unspecified atom stereocenters. The smallest absolute Gasteiger partial charge is 0.341 e. The van der Waals surface area contributed by atoms with Crippen LogP contribution < -0.4 is 5.32 Å². The molecule has 1 amide bonds. The number of nitro benzene ring substituents is 1. The predicted octanol–water partition coefficient (Wildman–Crippen LogP) is 4.91. The number of rotatable bonds is 6. The molecule has 0 saturated carbocycles. The maximum Gasteiger partial charge on any atom is 0.341 e. The van der Waals surface area contributed by atoms with Gasteiger partial charge in [-0.1, -0.05) is 19.9 Å². The van der Waals surface area contributed by atoms with Gasteiger partial charge in [-0.3, -0.25) is 14.9 Å². The first-order valence-electron chi connectivity index (χ1n) is 9.70. The Labute approximate surface area is 173 Å². The van der Waals surface area contributed by atoms with E-state index >= 15 is 0 Å². The minimum absolute atomic E-state index is 0.112. The van der Waals surface area contributed by atoms with Crippen LogP contribution in [0.1, 0.15) is 63.4 Å². The number of ether oxygens (including phenoxy) is 1. The first-order chi connectivity index (χ1) is 13.8. The molecule has 7 nitrogen and oxygen atoms in total. The molecule has 1 aromatic carbocycles. The van der Waals surface area contributed by atoms with E-state index < -0.39 is 16.8 Å². The van der Waals surface area contributed by atoms with Gasteiger partial charge >= 0.3 is 5.97 Å². The van der Waals surface area contributed by atoms with Gasteiger partial charge in [0.25, 0.3) is 11.6 Å². The zero-order valence-corrected chi connectivity index (χ0v) is 17.6. The summed E-state index contributed by atoms with van der Waals surface area (Å²) in [4.78, 5) is 37.4. The third-order valence-corrected chi connectivity index (χ3v) is 6.30. The number of nitro groups is 1. The van der Waals surface area contributed by atoms with E-state index in [9.17, 15) is 19.7 Å². The Morgan fingerprint density at radius 1 is 1.38 bits per heavy atom. The zero-order chi connectivity index (χ0) is 21.1. The van der Waals surface area contributed by atoms with Gasteiger partial charge in [0.05, 0.1) is 17.1 Å². The van der Waals surface area contributed by atoms with E-state index in [-0.39, 0.29) is 11.3 Å². The van der Waals surface area contributed by atoms with Crippen molar-refractivity contribution in [1.29, 1.82) is 0 Å². The summed E-state index contributed by atoms with van der Waals surface area (Å²) in [5.41, 5.74) is 1.79. The van der Waals surface area contributed by atoms with Crippen molar-refractivity contribution in [3.05, 3.63) is 55.4 Å². The van der Waals surface area contributed by atoms with E-state index in [1.54, 1.807) is 13.0 Å². The first kappa shape index (κ1) is 21.0. The average Bonchev–Trinajstić information content (AvgIpc) is 3.02. The molecule has 0 aliphatic heterocycles. The van der Waals surface area contributed by atoms with Crippen LogP contribution in [0, 0.1) is 23.0 Å². The van der Waals surface area contributed by atoms with E-state index in [1.165, 1.54) is 23.5 Å². The highest BCUT2D eigenvalue weighted by Gasteiger charge is 2.30. The van der Waals surface area contributed by atoms with Gasteiger partial charge in [-0.2, -0.15) is 0 Å². The molecule has 0 radical (unpaired) electrons. The predicted molar refractivity (Wildman–Crippen MR) is 112 cm³/mol. The van der Waals surface area contributed by atoms with Crippen LogP contribution in [0.25, 0.3) is 0 Å². The minimum atomic E-state index is -0.509. The van der Waals surface area contributed by atoms with Crippen LogP contribution in [-0.4, -0.2) is 23.4 Å². The average molecular weight is 416 g/mol. The van der Waals surface area contributed by atoms with Crippen LogP contribution in [0.5, 0.6) is 0 Å². The Morgan fingerprint density at radius 3 is 2.83 bits per heavy atom. The fraction of sp³-hybridized carbons (Fsp3) is 0.429. The van der Waals surface area contributed by atoms with Gasteiger partial charge in [0, 0.05) is 22.1 Å². The Balaban J connectivity index is 1.96. The molecule has 154 valence electrons. The van der Waals surface area contributed by atoms with Crippen molar-refractivity contribution in [2.45, 2.75) is 46.5 Å². The molecule has 1 aliphatic rings. The number of carbonyl (C=O) groups is 2. The van der Waals surface area contributed by atoms with Crippen LogP contribution in [0.2, 0.25) is 0 Å². The Kier molecular flexibility index (Phi) is 6.32. The standard InChI is InChI=1S/C21H24N2O5S/c1-4-10-28-21(25)18-15-9-8-12(2)11-17(15)29-20(18)22-19(24)14-6-5-7-16(13(14)3)23(26)27/h5-7,12H,4,8-11H2,1-3H3,(H,22,24)/t12-/m1/s1. The number of nitrogens with one attached hydrogen (secondary N) is 1. The quantitative estimate of drug-likeness (QED) is 0.410. The van der Waals surface area contributed by atoms with Gasteiger partial charge < -0.3 is 10.1 Å². The SMILES string of the molecule is CCCOC(=O)c1c(NC(=O)c2cccc([N+](=O)[O-])c2C)sc2c1CC[C@@H](C)C2. The molecule has 1 N–H and O–H groups in total. The number of thiophene rings is 1. The van der Waals surface area contributed by atoms with Gasteiger partial charge in [-0.05, 0) is 50.2 Å². The highest BCUT2D eigenvalue weighted by atomic mass is 32.1. The van der Waals surface area contributed by atoms with Crippen molar-refractivity contribution < 1.29 is 19.2 Å². The summed E-state index contributed by atoms with van der Waals surface area (Å²) in [5.74, 6) is -0.379. The number of benzene rings is 1. The topological polar surface area (TPSA) is 98.5 Å². The van der Waals surface area contributed by atoms with Gasteiger partial charge in [0.2, 0.25) is 0 Å². The normalized spacial score (nSPS) is 15.5. The van der Waals surface area contributed by atoms with Gasteiger partial charge in [-0.15, -0.1) is 11.3 Å². The lowest BCUT2D eigenvalue weighted by Crippen LogP contribution is -2.17. The number of amides is 1. The van der Waals surface area contributed by atoms with E-state index in [0.29, 0.717) is 35.1 Å². The van der Waals surface area contributed by atoms with Crippen molar-refractivity contribution in [3.8, 4) is 0 Å².